The van der Waals surface area contributed by atoms with Crippen molar-refractivity contribution in [2.75, 3.05) is 0 Å². The second-order valence-corrected chi connectivity index (χ2v) is 3.75. The molecular formula is C14H13BO2. The third kappa shape index (κ3) is 3.06. The molecule has 2 rings (SSSR count). The van der Waals surface area contributed by atoms with Gasteiger partial charge in [0.2, 0.25) is 0 Å². The van der Waals surface area contributed by atoms with Crippen LogP contribution in [0.1, 0.15) is 11.1 Å². The van der Waals surface area contributed by atoms with Crippen molar-refractivity contribution in [3.8, 4) is 0 Å². The normalized spacial score (nSPS) is 10.7. The van der Waals surface area contributed by atoms with Crippen LogP contribution >= 0.6 is 0 Å². The Morgan fingerprint density at radius 1 is 0.765 bits per heavy atom. The number of hydrogen-bond donors (Lipinski definition) is 2. The number of rotatable bonds is 3. The van der Waals surface area contributed by atoms with Gasteiger partial charge in [-0.3, -0.25) is 0 Å². The molecule has 0 bridgehead atoms. The van der Waals surface area contributed by atoms with E-state index in [4.69, 9.17) is 0 Å². The summed E-state index contributed by atoms with van der Waals surface area (Å²) in [5.41, 5.74) is 2.40. The van der Waals surface area contributed by atoms with E-state index in [1.807, 2.05) is 54.6 Å². The van der Waals surface area contributed by atoms with Gasteiger partial charge in [0.05, 0.1) is 0 Å². The molecule has 0 spiro atoms. The molecule has 2 aromatic rings. The Morgan fingerprint density at radius 2 is 1.41 bits per heavy atom. The summed E-state index contributed by atoms with van der Waals surface area (Å²) >= 11 is 0. The van der Waals surface area contributed by atoms with E-state index in [9.17, 15) is 10.0 Å². The van der Waals surface area contributed by atoms with E-state index in [0.29, 0.717) is 5.46 Å². The van der Waals surface area contributed by atoms with E-state index in [0.717, 1.165) is 11.1 Å². The quantitative estimate of drug-likeness (QED) is 0.613. The van der Waals surface area contributed by atoms with Crippen LogP contribution < -0.4 is 5.46 Å². The smallest absolute Gasteiger partial charge is 0.423 e. The lowest BCUT2D eigenvalue weighted by Gasteiger charge is -2.03. The summed E-state index contributed by atoms with van der Waals surface area (Å²) in [5.74, 6) is 0. The lowest BCUT2D eigenvalue weighted by atomic mass is 9.77. The van der Waals surface area contributed by atoms with Crippen LogP contribution in [0, 0.1) is 0 Å². The summed E-state index contributed by atoms with van der Waals surface area (Å²) in [7, 11) is -1.44. The zero-order valence-electron chi connectivity index (χ0n) is 9.32. The number of hydrogen-bond acceptors (Lipinski definition) is 2. The lowest BCUT2D eigenvalue weighted by Crippen LogP contribution is -2.31. The average molecular weight is 224 g/mol. The molecule has 0 heterocycles. The van der Waals surface area contributed by atoms with E-state index >= 15 is 0 Å². The average Bonchev–Trinajstić information content (AvgIpc) is 2.38. The van der Waals surface area contributed by atoms with Gasteiger partial charge in [0.25, 0.3) is 0 Å². The van der Waals surface area contributed by atoms with E-state index in [1.54, 1.807) is 12.1 Å². The van der Waals surface area contributed by atoms with Gasteiger partial charge in [-0.1, -0.05) is 66.7 Å². The topological polar surface area (TPSA) is 40.5 Å². The third-order valence-corrected chi connectivity index (χ3v) is 2.53. The molecule has 0 saturated heterocycles. The predicted octanol–water partition coefficient (Wildman–Crippen LogP) is 1.54. The molecule has 2 aromatic carbocycles. The van der Waals surface area contributed by atoms with E-state index in [1.165, 1.54) is 0 Å². The summed E-state index contributed by atoms with van der Waals surface area (Å²) in [5, 5.41) is 18.4. The van der Waals surface area contributed by atoms with Crippen molar-refractivity contribution >= 4 is 24.7 Å². The van der Waals surface area contributed by atoms with Crippen molar-refractivity contribution in [2.45, 2.75) is 0 Å². The first-order valence-electron chi connectivity index (χ1n) is 5.45. The van der Waals surface area contributed by atoms with Crippen LogP contribution in [0.25, 0.3) is 12.2 Å². The highest BCUT2D eigenvalue weighted by Crippen LogP contribution is 2.06. The van der Waals surface area contributed by atoms with Gasteiger partial charge >= 0.3 is 7.12 Å². The highest BCUT2D eigenvalue weighted by atomic mass is 16.4. The second-order valence-electron chi connectivity index (χ2n) is 3.75. The molecule has 84 valence electrons. The fourth-order valence-corrected chi connectivity index (χ4v) is 1.65. The molecular weight excluding hydrogens is 211 g/mol. The zero-order valence-corrected chi connectivity index (χ0v) is 9.32. The van der Waals surface area contributed by atoms with Crippen molar-refractivity contribution in [2.24, 2.45) is 0 Å². The van der Waals surface area contributed by atoms with Crippen LogP contribution in [0.3, 0.4) is 0 Å². The summed E-state index contributed by atoms with van der Waals surface area (Å²) in [6.07, 6.45) is 3.82. The van der Waals surface area contributed by atoms with Crippen LogP contribution in [-0.4, -0.2) is 17.2 Å². The molecule has 0 aliphatic heterocycles. The van der Waals surface area contributed by atoms with Crippen LogP contribution in [0.15, 0.2) is 54.6 Å². The number of benzene rings is 2. The first kappa shape index (κ1) is 11.6. The minimum absolute atomic E-state index is 0.514. The third-order valence-electron chi connectivity index (χ3n) is 2.53. The summed E-state index contributed by atoms with van der Waals surface area (Å²) < 4.78 is 0. The Bertz CT molecular complexity index is 507. The van der Waals surface area contributed by atoms with E-state index < -0.39 is 7.12 Å². The van der Waals surface area contributed by atoms with Crippen LogP contribution in [0.4, 0.5) is 0 Å². The summed E-state index contributed by atoms with van der Waals surface area (Å²) in [4.78, 5) is 0. The fraction of sp³-hybridized carbons (Fsp3) is 0. The molecule has 17 heavy (non-hydrogen) atoms. The molecule has 0 unspecified atom stereocenters. The minimum Gasteiger partial charge on any atom is -0.423 e. The van der Waals surface area contributed by atoms with Crippen molar-refractivity contribution in [3.05, 3.63) is 65.7 Å². The zero-order chi connectivity index (χ0) is 12.1. The van der Waals surface area contributed by atoms with Gasteiger partial charge in [-0.15, -0.1) is 0 Å². The first-order valence-corrected chi connectivity index (χ1v) is 5.45. The highest BCUT2D eigenvalue weighted by molar-refractivity contribution is 6.59. The highest BCUT2D eigenvalue weighted by Gasteiger charge is 2.13. The Kier molecular flexibility index (Phi) is 3.75. The van der Waals surface area contributed by atoms with Crippen molar-refractivity contribution in [3.63, 3.8) is 0 Å². The molecule has 0 aromatic heterocycles. The Balaban J connectivity index is 2.27. The maximum Gasteiger partial charge on any atom is 0.489 e. The maximum absolute atomic E-state index is 9.22. The predicted molar refractivity (Wildman–Crippen MR) is 71.6 cm³/mol. The minimum atomic E-state index is -1.44. The van der Waals surface area contributed by atoms with Crippen LogP contribution in [-0.2, 0) is 0 Å². The van der Waals surface area contributed by atoms with Crippen molar-refractivity contribution in [1.29, 1.82) is 0 Å². The molecule has 0 atom stereocenters. The molecule has 0 fully saturated rings. The fourth-order valence-electron chi connectivity index (χ4n) is 1.65. The standard InChI is InChI=1S/C14H13BO2/c16-15(17)14-9-5-4-8-13(14)11-10-12-6-2-1-3-7-12/h1-11,16-17H/b11-10+. The largest absolute Gasteiger partial charge is 0.489 e. The summed E-state index contributed by atoms with van der Waals surface area (Å²) in [6.45, 7) is 0. The van der Waals surface area contributed by atoms with Crippen LogP contribution in [0.2, 0.25) is 0 Å². The first-order chi connectivity index (χ1) is 8.27. The monoisotopic (exact) mass is 224 g/mol. The molecule has 3 heteroatoms. The Labute approximate surface area is 101 Å². The Hall–Kier alpha value is -1.84. The lowest BCUT2D eigenvalue weighted by molar-refractivity contribution is 0.425. The molecule has 0 aliphatic carbocycles. The summed E-state index contributed by atoms with van der Waals surface area (Å²) in [6, 6.07) is 17.1. The molecule has 0 aliphatic rings. The maximum atomic E-state index is 9.22. The van der Waals surface area contributed by atoms with Crippen molar-refractivity contribution in [1.82, 2.24) is 0 Å². The molecule has 0 saturated carbocycles. The van der Waals surface area contributed by atoms with Gasteiger partial charge in [0.1, 0.15) is 0 Å². The SMILES string of the molecule is OB(O)c1ccccc1/C=C/c1ccccc1. The van der Waals surface area contributed by atoms with Gasteiger partial charge in [0, 0.05) is 0 Å². The second kappa shape index (κ2) is 5.48. The molecule has 0 amide bonds. The van der Waals surface area contributed by atoms with Gasteiger partial charge < -0.3 is 10.0 Å². The van der Waals surface area contributed by atoms with E-state index in [2.05, 4.69) is 0 Å². The van der Waals surface area contributed by atoms with Gasteiger partial charge in [-0.2, -0.15) is 0 Å². The Morgan fingerprint density at radius 3 is 2.12 bits per heavy atom. The van der Waals surface area contributed by atoms with Gasteiger partial charge in [-0.25, -0.2) is 0 Å². The van der Waals surface area contributed by atoms with Crippen molar-refractivity contribution < 1.29 is 10.0 Å². The molecule has 2 nitrogen and oxygen atoms in total. The van der Waals surface area contributed by atoms with Gasteiger partial charge in [0.15, 0.2) is 0 Å². The van der Waals surface area contributed by atoms with Crippen LogP contribution in [0.5, 0.6) is 0 Å². The van der Waals surface area contributed by atoms with E-state index in [-0.39, 0.29) is 0 Å². The van der Waals surface area contributed by atoms with Gasteiger partial charge in [-0.05, 0) is 16.6 Å². The molecule has 0 radical (unpaired) electrons. The molecule has 2 N–H and O–H groups in total.